The lowest BCUT2D eigenvalue weighted by molar-refractivity contribution is 0.0899. The molecular formula is C8H7Cl2F2N. The summed E-state index contributed by atoms with van der Waals surface area (Å²) < 4.78 is 24.9. The molecule has 0 amide bonds. The lowest BCUT2D eigenvalue weighted by Crippen LogP contribution is -2.06. The number of rotatable bonds is 2. The molecule has 1 unspecified atom stereocenters. The topological polar surface area (TPSA) is 12.9 Å². The maximum absolute atomic E-state index is 12.5. The van der Waals surface area contributed by atoms with Crippen molar-refractivity contribution in [1.29, 1.82) is 0 Å². The van der Waals surface area contributed by atoms with E-state index in [-0.39, 0.29) is 5.38 Å². The molecule has 0 saturated heterocycles. The van der Waals surface area contributed by atoms with Crippen LogP contribution in [0.15, 0.2) is 18.3 Å². The van der Waals surface area contributed by atoms with E-state index >= 15 is 0 Å². The van der Waals surface area contributed by atoms with Crippen molar-refractivity contribution in [2.24, 2.45) is 0 Å². The molecule has 1 heterocycles. The lowest BCUT2D eigenvalue weighted by Gasteiger charge is -2.08. The molecule has 0 spiro atoms. The highest BCUT2D eigenvalue weighted by atomic mass is 35.5. The standard InChI is InChI=1S/C8H7Cl2F2N/c1-5(9)6-2-3-7(13-4-6)8(10,11)12/h2-5H,1H3. The number of pyridine rings is 1. The van der Waals surface area contributed by atoms with Gasteiger partial charge in [-0.15, -0.1) is 11.6 Å². The first-order valence-electron chi connectivity index (χ1n) is 3.58. The number of alkyl halides is 4. The second-order valence-electron chi connectivity index (χ2n) is 2.59. The molecule has 1 aromatic rings. The molecule has 1 aromatic heterocycles. The van der Waals surface area contributed by atoms with E-state index in [9.17, 15) is 8.78 Å². The van der Waals surface area contributed by atoms with Crippen molar-refractivity contribution in [3.63, 3.8) is 0 Å². The molecule has 0 N–H and O–H groups in total. The van der Waals surface area contributed by atoms with E-state index in [2.05, 4.69) is 4.98 Å². The van der Waals surface area contributed by atoms with E-state index in [1.165, 1.54) is 18.3 Å². The molecule has 0 aliphatic heterocycles. The number of hydrogen-bond acceptors (Lipinski definition) is 1. The summed E-state index contributed by atoms with van der Waals surface area (Å²) in [4.78, 5) is 3.50. The van der Waals surface area contributed by atoms with Crippen LogP contribution in [0.5, 0.6) is 0 Å². The molecule has 13 heavy (non-hydrogen) atoms. The molecule has 0 aromatic carbocycles. The van der Waals surface area contributed by atoms with E-state index in [0.717, 1.165) is 0 Å². The molecule has 5 heteroatoms. The zero-order chi connectivity index (χ0) is 10.1. The Morgan fingerprint density at radius 3 is 2.38 bits per heavy atom. The Labute approximate surface area is 84.7 Å². The van der Waals surface area contributed by atoms with E-state index in [1.807, 2.05) is 0 Å². The van der Waals surface area contributed by atoms with Gasteiger partial charge in [0.25, 0.3) is 0 Å². The van der Waals surface area contributed by atoms with Crippen LogP contribution < -0.4 is 0 Å². The van der Waals surface area contributed by atoms with Crippen LogP contribution >= 0.6 is 23.2 Å². The highest BCUT2D eigenvalue weighted by Crippen LogP contribution is 2.31. The van der Waals surface area contributed by atoms with Gasteiger partial charge < -0.3 is 0 Å². The molecule has 0 aliphatic carbocycles. The van der Waals surface area contributed by atoms with Crippen LogP contribution in [0.4, 0.5) is 8.78 Å². The highest BCUT2D eigenvalue weighted by Gasteiger charge is 2.29. The Morgan fingerprint density at radius 1 is 1.46 bits per heavy atom. The minimum Gasteiger partial charge on any atom is -0.253 e. The first-order chi connectivity index (χ1) is 5.91. The van der Waals surface area contributed by atoms with Gasteiger partial charge in [-0.1, -0.05) is 6.07 Å². The Kier molecular flexibility index (Phi) is 3.09. The van der Waals surface area contributed by atoms with Crippen LogP contribution in [0, 0.1) is 0 Å². The van der Waals surface area contributed by atoms with Gasteiger partial charge in [-0.3, -0.25) is 4.98 Å². The van der Waals surface area contributed by atoms with Gasteiger partial charge in [-0.25, -0.2) is 0 Å². The van der Waals surface area contributed by atoms with Crippen molar-refractivity contribution >= 4 is 23.2 Å². The molecule has 1 nitrogen and oxygen atoms in total. The molecule has 1 atom stereocenters. The summed E-state index contributed by atoms with van der Waals surface area (Å²) in [5.74, 6) is 0. The maximum atomic E-state index is 12.5. The Bertz CT molecular complexity index is 279. The van der Waals surface area contributed by atoms with Crippen LogP contribution in [0.25, 0.3) is 0 Å². The van der Waals surface area contributed by atoms with Crippen molar-refractivity contribution in [1.82, 2.24) is 4.98 Å². The second-order valence-corrected chi connectivity index (χ2v) is 3.72. The SMILES string of the molecule is CC(Cl)c1ccc(C(F)(F)Cl)nc1. The van der Waals surface area contributed by atoms with Gasteiger partial charge in [0.1, 0.15) is 5.69 Å². The predicted octanol–water partition coefficient (Wildman–Crippen LogP) is 3.67. The zero-order valence-corrected chi connectivity index (χ0v) is 8.28. The zero-order valence-electron chi connectivity index (χ0n) is 6.77. The van der Waals surface area contributed by atoms with E-state index in [4.69, 9.17) is 23.2 Å². The Morgan fingerprint density at radius 2 is 2.08 bits per heavy atom. The summed E-state index contributed by atoms with van der Waals surface area (Å²) in [6.07, 6.45) is 1.29. The van der Waals surface area contributed by atoms with Crippen LogP contribution in [0.1, 0.15) is 23.6 Å². The summed E-state index contributed by atoms with van der Waals surface area (Å²) in [5, 5.41) is -3.65. The molecular weight excluding hydrogens is 219 g/mol. The molecule has 0 fully saturated rings. The average Bonchev–Trinajstić information content (AvgIpc) is 2.03. The average molecular weight is 226 g/mol. The third-order valence-corrected chi connectivity index (χ3v) is 1.98. The lowest BCUT2D eigenvalue weighted by atomic mass is 10.2. The van der Waals surface area contributed by atoms with Gasteiger partial charge in [0, 0.05) is 6.20 Å². The third kappa shape index (κ3) is 2.78. The summed E-state index contributed by atoms with van der Waals surface area (Å²) in [6.45, 7) is 1.73. The Hall–Kier alpha value is -0.410. The summed E-state index contributed by atoms with van der Waals surface area (Å²) >= 11 is 10.5. The molecule has 0 saturated carbocycles. The minimum absolute atomic E-state index is 0.245. The largest absolute Gasteiger partial charge is 0.364 e. The number of hydrogen-bond donors (Lipinski definition) is 0. The fourth-order valence-corrected chi connectivity index (χ4v) is 1.05. The van der Waals surface area contributed by atoms with E-state index in [1.54, 1.807) is 6.92 Å². The van der Waals surface area contributed by atoms with Gasteiger partial charge in [-0.2, -0.15) is 8.78 Å². The van der Waals surface area contributed by atoms with E-state index < -0.39 is 11.1 Å². The summed E-state index contributed by atoms with van der Waals surface area (Å²) in [7, 11) is 0. The molecule has 72 valence electrons. The van der Waals surface area contributed by atoms with Crippen LogP contribution in [0.3, 0.4) is 0 Å². The molecule has 1 rings (SSSR count). The van der Waals surface area contributed by atoms with Gasteiger partial charge in [-0.05, 0) is 30.2 Å². The van der Waals surface area contributed by atoms with Gasteiger partial charge in [0.05, 0.1) is 5.38 Å². The summed E-state index contributed by atoms with van der Waals surface area (Å²) in [5.41, 5.74) is 0.224. The number of nitrogens with zero attached hydrogens (tertiary/aromatic N) is 1. The number of aromatic nitrogens is 1. The fourth-order valence-electron chi connectivity index (χ4n) is 0.808. The predicted molar refractivity (Wildman–Crippen MR) is 48.3 cm³/mol. The van der Waals surface area contributed by atoms with Crippen LogP contribution in [-0.4, -0.2) is 4.98 Å². The molecule has 0 radical (unpaired) electrons. The van der Waals surface area contributed by atoms with Gasteiger partial charge >= 0.3 is 5.38 Å². The Balaban J connectivity index is 2.94. The molecule has 0 bridgehead atoms. The molecule has 0 aliphatic rings. The highest BCUT2D eigenvalue weighted by molar-refractivity contribution is 6.21. The smallest absolute Gasteiger partial charge is 0.253 e. The first kappa shape index (κ1) is 10.7. The van der Waals surface area contributed by atoms with Gasteiger partial charge in [0.2, 0.25) is 0 Å². The first-order valence-corrected chi connectivity index (χ1v) is 4.40. The van der Waals surface area contributed by atoms with Crippen LogP contribution in [0.2, 0.25) is 0 Å². The van der Waals surface area contributed by atoms with Crippen LogP contribution in [-0.2, 0) is 5.38 Å². The normalized spacial score (nSPS) is 14.2. The number of halogens is 4. The quantitative estimate of drug-likeness (QED) is 0.701. The van der Waals surface area contributed by atoms with Crippen molar-refractivity contribution in [2.45, 2.75) is 17.7 Å². The second kappa shape index (κ2) is 3.76. The maximum Gasteiger partial charge on any atom is 0.364 e. The van der Waals surface area contributed by atoms with Crippen molar-refractivity contribution in [3.05, 3.63) is 29.6 Å². The monoisotopic (exact) mass is 225 g/mol. The van der Waals surface area contributed by atoms with Gasteiger partial charge in [0.15, 0.2) is 0 Å². The van der Waals surface area contributed by atoms with E-state index in [0.29, 0.717) is 5.56 Å². The minimum atomic E-state index is -3.41. The van der Waals surface area contributed by atoms with Crippen molar-refractivity contribution in [2.75, 3.05) is 0 Å². The van der Waals surface area contributed by atoms with Crippen molar-refractivity contribution in [3.8, 4) is 0 Å². The third-order valence-electron chi connectivity index (χ3n) is 1.54. The summed E-state index contributed by atoms with van der Waals surface area (Å²) in [6, 6.07) is 2.65. The fraction of sp³-hybridized carbons (Fsp3) is 0.375. The van der Waals surface area contributed by atoms with Crippen molar-refractivity contribution < 1.29 is 8.78 Å².